The molecule has 11 heteroatoms. The Bertz CT molecular complexity index is 1430. The summed E-state index contributed by atoms with van der Waals surface area (Å²) in [6, 6.07) is 10.3. The molecule has 0 aliphatic carbocycles. The fourth-order valence-electron chi connectivity index (χ4n) is 3.86. The molecule has 0 spiro atoms. The van der Waals surface area contributed by atoms with Crippen molar-refractivity contribution in [1.29, 1.82) is 0 Å². The first kappa shape index (κ1) is 22.3. The summed E-state index contributed by atoms with van der Waals surface area (Å²) < 4.78 is 26.0. The lowest BCUT2D eigenvalue weighted by Gasteiger charge is -2.18. The van der Waals surface area contributed by atoms with Crippen molar-refractivity contribution in [3.8, 4) is 17.0 Å². The summed E-state index contributed by atoms with van der Waals surface area (Å²) in [5.41, 5.74) is 2.00. The molecule has 1 unspecified atom stereocenters. The van der Waals surface area contributed by atoms with Crippen LogP contribution >= 0.6 is 0 Å². The Morgan fingerprint density at radius 2 is 2.00 bits per heavy atom. The normalized spacial score (nSPS) is 12.1. The topological polar surface area (TPSA) is 104 Å². The zero-order chi connectivity index (χ0) is 24.2. The van der Waals surface area contributed by atoms with Crippen LogP contribution in [0.3, 0.4) is 0 Å². The average Bonchev–Trinajstić information content (AvgIpc) is 3.61. The number of hydrogen-bond acceptors (Lipinski definition) is 6. The number of anilines is 1. The number of hydrogen-bond donors (Lipinski definition) is 1. The third kappa shape index (κ3) is 5.03. The van der Waals surface area contributed by atoms with Crippen molar-refractivity contribution >= 4 is 17.2 Å². The number of nitrogens with zero attached hydrogens (tertiary/aromatic N) is 7. The van der Waals surface area contributed by atoms with Gasteiger partial charge in [-0.2, -0.15) is 15.3 Å². The first-order valence-corrected chi connectivity index (χ1v) is 11.1. The van der Waals surface area contributed by atoms with Gasteiger partial charge in [-0.15, -0.1) is 0 Å². The number of fused-ring (bicyclic) bond motifs is 1. The van der Waals surface area contributed by atoms with Crippen LogP contribution in [-0.4, -0.2) is 46.7 Å². The Morgan fingerprint density at radius 3 is 2.74 bits per heavy atom. The monoisotopic (exact) mass is 474 g/mol. The maximum Gasteiger partial charge on any atom is 0.250 e. The first-order valence-electron chi connectivity index (χ1n) is 11.1. The summed E-state index contributed by atoms with van der Waals surface area (Å²) in [6.45, 7) is 2.29. The molecule has 35 heavy (non-hydrogen) atoms. The van der Waals surface area contributed by atoms with Crippen LogP contribution in [0.5, 0.6) is 5.88 Å². The highest BCUT2D eigenvalue weighted by Gasteiger charge is 2.17. The number of halogens is 1. The van der Waals surface area contributed by atoms with E-state index in [2.05, 4.69) is 25.6 Å². The number of amides is 1. The fourth-order valence-corrected chi connectivity index (χ4v) is 3.86. The molecule has 5 aromatic rings. The minimum atomic E-state index is -0.572. The van der Waals surface area contributed by atoms with Crippen LogP contribution in [0.15, 0.2) is 73.6 Å². The van der Waals surface area contributed by atoms with E-state index < -0.39 is 5.82 Å². The third-order valence-electron chi connectivity index (χ3n) is 5.49. The second kappa shape index (κ2) is 9.75. The van der Waals surface area contributed by atoms with E-state index in [0.29, 0.717) is 29.9 Å². The van der Waals surface area contributed by atoms with E-state index in [-0.39, 0.29) is 24.4 Å². The number of aryl methyl sites for hydroxylation is 1. The highest BCUT2D eigenvalue weighted by Crippen LogP contribution is 2.29. The lowest BCUT2D eigenvalue weighted by molar-refractivity contribution is -0.114. The Labute approximate surface area is 200 Å². The van der Waals surface area contributed by atoms with Crippen molar-refractivity contribution in [3.05, 3.63) is 79.4 Å². The van der Waals surface area contributed by atoms with E-state index in [4.69, 9.17) is 4.74 Å². The number of carbonyl (C=O) groups is 1. The highest BCUT2D eigenvalue weighted by atomic mass is 19.1. The van der Waals surface area contributed by atoms with Crippen LogP contribution in [0.4, 0.5) is 10.2 Å². The van der Waals surface area contributed by atoms with Crippen LogP contribution < -0.4 is 10.1 Å². The molecule has 5 rings (SSSR count). The lowest BCUT2D eigenvalue weighted by atomic mass is 10.1. The van der Waals surface area contributed by atoms with Crippen LogP contribution in [0, 0.1) is 5.82 Å². The quantitative estimate of drug-likeness (QED) is 0.350. The van der Waals surface area contributed by atoms with Crippen molar-refractivity contribution < 1.29 is 13.9 Å². The van der Waals surface area contributed by atoms with Crippen molar-refractivity contribution in [2.75, 3.05) is 11.9 Å². The van der Waals surface area contributed by atoms with E-state index in [1.165, 1.54) is 13.0 Å². The molecule has 178 valence electrons. The van der Waals surface area contributed by atoms with E-state index in [9.17, 15) is 4.79 Å². The van der Waals surface area contributed by atoms with Gasteiger partial charge in [-0.25, -0.2) is 13.9 Å². The molecule has 5 heterocycles. The van der Waals surface area contributed by atoms with Gasteiger partial charge in [0.1, 0.15) is 6.61 Å². The third-order valence-corrected chi connectivity index (χ3v) is 5.49. The molecule has 0 aliphatic heterocycles. The van der Waals surface area contributed by atoms with Gasteiger partial charge < -0.3 is 10.1 Å². The molecule has 0 radical (unpaired) electrons. The maximum atomic E-state index is 15.0. The Kier molecular flexibility index (Phi) is 6.20. The molecule has 1 atom stereocenters. The summed E-state index contributed by atoms with van der Waals surface area (Å²) >= 11 is 0. The summed E-state index contributed by atoms with van der Waals surface area (Å²) in [6.07, 6.45) is 11.2. The van der Waals surface area contributed by atoms with Gasteiger partial charge in [-0.3, -0.25) is 14.2 Å². The predicted octanol–water partition coefficient (Wildman–Crippen LogP) is 3.60. The fraction of sp³-hybridized carbons (Fsp3) is 0.208. The van der Waals surface area contributed by atoms with E-state index >= 15 is 4.39 Å². The number of nitrogens with one attached hydrogen (secondary N) is 1. The smallest absolute Gasteiger partial charge is 0.250 e. The minimum absolute atomic E-state index is 0.0793. The van der Waals surface area contributed by atoms with Crippen molar-refractivity contribution in [3.63, 3.8) is 0 Å². The molecule has 10 nitrogen and oxygen atoms in total. The van der Waals surface area contributed by atoms with Crippen molar-refractivity contribution in [2.45, 2.75) is 25.9 Å². The Balaban J connectivity index is 1.33. The zero-order valence-corrected chi connectivity index (χ0v) is 19.0. The molecule has 0 saturated carbocycles. The van der Waals surface area contributed by atoms with Gasteiger partial charge in [0, 0.05) is 67.8 Å². The molecule has 0 aromatic carbocycles. The molecular weight excluding hydrogens is 451 g/mol. The molecule has 0 fully saturated rings. The number of aromatic nitrogens is 7. The number of pyridine rings is 2. The van der Waals surface area contributed by atoms with Crippen LogP contribution in [0.2, 0.25) is 0 Å². The van der Waals surface area contributed by atoms with Gasteiger partial charge in [-0.05, 0) is 30.7 Å². The van der Waals surface area contributed by atoms with Crippen LogP contribution in [0.25, 0.3) is 16.6 Å². The van der Waals surface area contributed by atoms with Crippen molar-refractivity contribution in [1.82, 2.24) is 34.2 Å². The standard InChI is InChI=1S/C24H23FN8O2/c1-17(34)29-23-14-22-20(5-2-10-33(22)30-23)18-13-21(25)24(26-15-18)35-16-19(32-11-4-8-28-32)6-12-31-9-3-7-27-31/h2-5,7-11,13-15,19H,6,12,16H2,1H3,(H,29,30,34). The second-order valence-corrected chi connectivity index (χ2v) is 7.98. The first-order chi connectivity index (χ1) is 17.1. The van der Waals surface area contributed by atoms with Crippen molar-refractivity contribution in [2.24, 2.45) is 0 Å². The molecule has 1 amide bonds. The number of ether oxygens (including phenoxy) is 1. The lowest BCUT2D eigenvalue weighted by Crippen LogP contribution is -2.20. The number of rotatable bonds is 9. The Morgan fingerprint density at radius 1 is 1.14 bits per heavy atom. The minimum Gasteiger partial charge on any atom is -0.473 e. The van der Waals surface area contributed by atoms with Gasteiger partial charge in [-0.1, -0.05) is 6.07 Å². The van der Waals surface area contributed by atoms with E-state index in [1.807, 2.05) is 35.3 Å². The second-order valence-electron chi connectivity index (χ2n) is 7.98. The molecular formula is C24H23FN8O2. The van der Waals surface area contributed by atoms with Crippen LogP contribution in [-0.2, 0) is 11.3 Å². The average molecular weight is 475 g/mol. The van der Waals surface area contributed by atoms with E-state index in [0.717, 1.165) is 5.56 Å². The SMILES string of the molecule is CC(=O)Nc1cc2c(-c3cnc(OCC(CCn4cccn4)n4cccn4)c(F)c3)cccn2n1. The summed E-state index contributed by atoms with van der Waals surface area (Å²) in [7, 11) is 0. The van der Waals surface area contributed by atoms with Gasteiger partial charge in [0.25, 0.3) is 0 Å². The Hall–Kier alpha value is -4.54. The van der Waals surface area contributed by atoms with E-state index in [1.54, 1.807) is 46.1 Å². The molecule has 0 aliphatic rings. The summed E-state index contributed by atoms with van der Waals surface area (Å²) in [4.78, 5) is 15.6. The van der Waals surface area contributed by atoms with Gasteiger partial charge in [0.05, 0.1) is 11.6 Å². The maximum absolute atomic E-state index is 15.0. The highest BCUT2D eigenvalue weighted by molar-refractivity contribution is 5.90. The summed E-state index contributed by atoms with van der Waals surface area (Å²) in [5.74, 6) is -0.456. The molecule has 5 aromatic heterocycles. The summed E-state index contributed by atoms with van der Waals surface area (Å²) in [5, 5.41) is 15.5. The zero-order valence-electron chi connectivity index (χ0n) is 19.0. The van der Waals surface area contributed by atoms with Gasteiger partial charge >= 0.3 is 0 Å². The molecule has 1 N–H and O–H groups in total. The molecule has 0 saturated heterocycles. The predicted molar refractivity (Wildman–Crippen MR) is 126 cm³/mol. The largest absolute Gasteiger partial charge is 0.473 e. The van der Waals surface area contributed by atoms with Gasteiger partial charge in [0.15, 0.2) is 11.6 Å². The molecule has 0 bridgehead atoms. The van der Waals surface area contributed by atoms with Gasteiger partial charge in [0.2, 0.25) is 11.8 Å². The number of carbonyl (C=O) groups excluding carboxylic acids is 1. The van der Waals surface area contributed by atoms with Crippen LogP contribution in [0.1, 0.15) is 19.4 Å².